The maximum Gasteiger partial charge on any atom is 0.220 e. The molecule has 0 spiro atoms. The average molecular weight is 408 g/mol. The number of aryl methyl sites for hydroxylation is 2. The second kappa shape index (κ2) is 9.76. The average Bonchev–Trinajstić information content (AvgIpc) is 3.06. The lowest BCUT2D eigenvalue weighted by Gasteiger charge is -2.06. The first kappa shape index (κ1) is 20.4. The summed E-state index contributed by atoms with van der Waals surface area (Å²) in [7, 11) is 0. The molecule has 0 fully saturated rings. The van der Waals surface area contributed by atoms with E-state index in [0.29, 0.717) is 54.3 Å². The number of hydrogen-bond donors (Lipinski definition) is 2. The molecule has 1 aromatic heterocycles. The fourth-order valence-electron chi connectivity index (χ4n) is 3.06. The number of nitrogens with two attached hydrogens (primary N) is 1. The molecule has 7 heteroatoms. The first-order valence-corrected chi connectivity index (χ1v) is 9.81. The van der Waals surface area contributed by atoms with Crippen molar-refractivity contribution in [2.24, 2.45) is 0 Å². The SMILES string of the molecule is N#Cc1c(CCCNC(=O)CCc2ccccc2Cl)nn(-c2ccccc2)c1N. The number of benzene rings is 2. The van der Waals surface area contributed by atoms with Crippen molar-refractivity contribution in [2.75, 3.05) is 12.3 Å². The van der Waals surface area contributed by atoms with Crippen LogP contribution in [0.25, 0.3) is 5.69 Å². The molecule has 0 aliphatic rings. The quantitative estimate of drug-likeness (QED) is 0.557. The van der Waals surface area contributed by atoms with Gasteiger partial charge < -0.3 is 11.1 Å². The van der Waals surface area contributed by atoms with Crippen LogP contribution in [0, 0.1) is 11.3 Å². The first-order valence-electron chi connectivity index (χ1n) is 9.43. The minimum atomic E-state index is -0.0280. The summed E-state index contributed by atoms with van der Waals surface area (Å²) in [6.45, 7) is 0.504. The van der Waals surface area contributed by atoms with Crippen LogP contribution < -0.4 is 11.1 Å². The molecule has 3 rings (SSSR count). The molecule has 0 unspecified atom stereocenters. The number of halogens is 1. The van der Waals surface area contributed by atoms with Gasteiger partial charge in [-0.1, -0.05) is 48.0 Å². The molecular weight excluding hydrogens is 386 g/mol. The van der Waals surface area contributed by atoms with E-state index in [1.165, 1.54) is 0 Å². The predicted molar refractivity (Wildman–Crippen MR) is 114 cm³/mol. The maximum atomic E-state index is 12.1. The lowest BCUT2D eigenvalue weighted by Crippen LogP contribution is -2.25. The summed E-state index contributed by atoms with van der Waals surface area (Å²) in [5.41, 5.74) is 8.90. The van der Waals surface area contributed by atoms with Crippen molar-refractivity contribution < 1.29 is 4.79 Å². The third kappa shape index (κ3) is 5.15. The van der Waals surface area contributed by atoms with Crippen molar-refractivity contribution in [3.05, 3.63) is 76.4 Å². The van der Waals surface area contributed by atoms with Gasteiger partial charge in [0.2, 0.25) is 5.91 Å². The number of hydrogen-bond acceptors (Lipinski definition) is 4. The van der Waals surface area contributed by atoms with Gasteiger partial charge in [-0.25, -0.2) is 4.68 Å². The van der Waals surface area contributed by atoms with Crippen molar-refractivity contribution in [1.82, 2.24) is 15.1 Å². The van der Waals surface area contributed by atoms with E-state index in [1.807, 2.05) is 54.6 Å². The Balaban J connectivity index is 1.51. The molecule has 1 heterocycles. The van der Waals surface area contributed by atoms with Gasteiger partial charge in [-0.3, -0.25) is 4.79 Å². The molecule has 0 saturated heterocycles. The van der Waals surface area contributed by atoms with Crippen molar-refractivity contribution in [3.8, 4) is 11.8 Å². The molecule has 0 radical (unpaired) electrons. The lowest BCUT2D eigenvalue weighted by molar-refractivity contribution is -0.121. The number of amides is 1. The van der Waals surface area contributed by atoms with Crippen molar-refractivity contribution >= 4 is 23.3 Å². The first-order chi connectivity index (χ1) is 14.1. The fourth-order valence-corrected chi connectivity index (χ4v) is 3.29. The zero-order valence-electron chi connectivity index (χ0n) is 15.9. The van der Waals surface area contributed by atoms with Gasteiger partial charge in [0, 0.05) is 18.0 Å². The molecule has 3 aromatic rings. The standard InChI is InChI=1S/C22H22ClN5O/c23-19-10-5-4-7-16(19)12-13-21(29)26-14-6-11-20-18(15-24)22(25)28(27-20)17-8-2-1-3-9-17/h1-5,7-10H,6,11-14,25H2,(H,26,29). The highest BCUT2D eigenvalue weighted by Gasteiger charge is 2.16. The fraction of sp³-hybridized carbons (Fsp3) is 0.227. The maximum absolute atomic E-state index is 12.1. The minimum Gasteiger partial charge on any atom is -0.382 e. The Kier molecular flexibility index (Phi) is 6.88. The number of carbonyl (C=O) groups is 1. The highest BCUT2D eigenvalue weighted by atomic mass is 35.5. The van der Waals surface area contributed by atoms with Gasteiger partial charge >= 0.3 is 0 Å². The normalized spacial score (nSPS) is 10.5. The molecule has 1 amide bonds. The largest absolute Gasteiger partial charge is 0.382 e. The highest BCUT2D eigenvalue weighted by molar-refractivity contribution is 6.31. The minimum absolute atomic E-state index is 0.0280. The Morgan fingerprint density at radius 2 is 1.86 bits per heavy atom. The van der Waals surface area contributed by atoms with Gasteiger partial charge in [0.25, 0.3) is 0 Å². The number of nitrogens with one attached hydrogen (secondary N) is 1. The van der Waals surface area contributed by atoms with E-state index in [0.717, 1.165) is 11.3 Å². The lowest BCUT2D eigenvalue weighted by atomic mass is 10.1. The van der Waals surface area contributed by atoms with Crippen LogP contribution in [0.3, 0.4) is 0 Å². The van der Waals surface area contributed by atoms with Crippen molar-refractivity contribution in [2.45, 2.75) is 25.7 Å². The third-order valence-corrected chi connectivity index (χ3v) is 4.97. The molecule has 0 aliphatic carbocycles. The van der Waals surface area contributed by atoms with E-state index in [9.17, 15) is 10.1 Å². The van der Waals surface area contributed by atoms with Crippen LogP contribution in [0.4, 0.5) is 5.82 Å². The van der Waals surface area contributed by atoms with E-state index < -0.39 is 0 Å². The monoisotopic (exact) mass is 407 g/mol. The number of nitrogen functional groups attached to an aromatic ring is 1. The summed E-state index contributed by atoms with van der Waals surface area (Å²) >= 11 is 6.11. The third-order valence-electron chi connectivity index (χ3n) is 4.60. The zero-order chi connectivity index (χ0) is 20.6. The number of nitriles is 1. The smallest absolute Gasteiger partial charge is 0.220 e. The Morgan fingerprint density at radius 3 is 2.59 bits per heavy atom. The molecule has 0 atom stereocenters. The molecule has 29 heavy (non-hydrogen) atoms. The van der Waals surface area contributed by atoms with E-state index in [1.54, 1.807) is 4.68 Å². The number of nitrogens with zero attached hydrogens (tertiary/aromatic N) is 3. The summed E-state index contributed by atoms with van der Waals surface area (Å²) < 4.78 is 1.58. The number of anilines is 1. The summed E-state index contributed by atoms with van der Waals surface area (Å²) in [6, 6.07) is 19.1. The van der Waals surface area contributed by atoms with Crippen LogP contribution in [0.1, 0.15) is 29.7 Å². The van der Waals surface area contributed by atoms with Crippen LogP contribution >= 0.6 is 11.6 Å². The Bertz CT molecular complexity index is 1020. The molecular formula is C22H22ClN5O. The second-order valence-electron chi connectivity index (χ2n) is 6.61. The number of carbonyl (C=O) groups excluding carboxylic acids is 1. The highest BCUT2D eigenvalue weighted by Crippen LogP contribution is 2.21. The zero-order valence-corrected chi connectivity index (χ0v) is 16.7. The van der Waals surface area contributed by atoms with Crippen molar-refractivity contribution in [3.63, 3.8) is 0 Å². The summed E-state index contributed by atoms with van der Waals surface area (Å²) in [5.74, 6) is 0.303. The van der Waals surface area contributed by atoms with Crippen LogP contribution in [0.15, 0.2) is 54.6 Å². The van der Waals surface area contributed by atoms with Crippen LogP contribution in [0.2, 0.25) is 5.02 Å². The number of para-hydroxylation sites is 1. The summed E-state index contributed by atoms with van der Waals surface area (Å²) in [6.07, 6.45) is 2.19. The van der Waals surface area contributed by atoms with Crippen LogP contribution in [-0.2, 0) is 17.6 Å². The van der Waals surface area contributed by atoms with Gasteiger partial charge in [-0.2, -0.15) is 10.4 Å². The number of aromatic nitrogens is 2. The Labute approximate surface area is 174 Å². The van der Waals surface area contributed by atoms with E-state index in [2.05, 4.69) is 16.5 Å². The molecule has 2 aromatic carbocycles. The predicted octanol–water partition coefficient (Wildman–Crippen LogP) is 3.66. The molecule has 6 nitrogen and oxygen atoms in total. The Hall–Kier alpha value is -3.30. The molecule has 0 bridgehead atoms. The van der Waals surface area contributed by atoms with Gasteiger partial charge in [0.05, 0.1) is 11.4 Å². The van der Waals surface area contributed by atoms with E-state index in [-0.39, 0.29) is 5.91 Å². The molecule has 148 valence electrons. The molecule has 0 saturated carbocycles. The van der Waals surface area contributed by atoms with Gasteiger partial charge in [0.1, 0.15) is 17.5 Å². The second-order valence-corrected chi connectivity index (χ2v) is 7.02. The molecule has 3 N–H and O–H groups in total. The van der Waals surface area contributed by atoms with Gasteiger partial charge in [0.15, 0.2) is 0 Å². The number of rotatable bonds is 8. The van der Waals surface area contributed by atoms with Crippen molar-refractivity contribution in [1.29, 1.82) is 5.26 Å². The van der Waals surface area contributed by atoms with Crippen LogP contribution in [-0.4, -0.2) is 22.2 Å². The van der Waals surface area contributed by atoms with E-state index >= 15 is 0 Å². The van der Waals surface area contributed by atoms with Crippen LogP contribution in [0.5, 0.6) is 0 Å². The van der Waals surface area contributed by atoms with Gasteiger partial charge in [-0.05, 0) is 43.0 Å². The summed E-state index contributed by atoms with van der Waals surface area (Å²) in [5, 5.41) is 17.5. The Morgan fingerprint density at radius 1 is 1.14 bits per heavy atom. The topological polar surface area (TPSA) is 96.7 Å². The van der Waals surface area contributed by atoms with Gasteiger partial charge in [-0.15, -0.1) is 0 Å². The van der Waals surface area contributed by atoms with E-state index in [4.69, 9.17) is 17.3 Å². The summed E-state index contributed by atoms with van der Waals surface area (Å²) in [4.78, 5) is 12.1. The molecule has 0 aliphatic heterocycles.